The van der Waals surface area contributed by atoms with Crippen molar-refractivity contribution in [3.05, 3.63) is 26.2 Å². The molecule has 40 valence electrons. The van der Waals surface area contributed by atoms with E-state index in [0.29, 0.717) is 6.42 Å². The minimum Gasteiger partial charge on any atom is -0.390 e. The van der Waals surface area contributed by atoms with Crippen LogP contribution in [0.15, 0.2) is 12.7 Å². The molecule has 1 heteroatoms. The summed E-state index contributed by atoms with van der Waals surface area (Å²) in [5.74, 6) is 0.157. The van der Waals surface area contributed by atoms with Gasteiger partial charge in [-0.3, -0.25) is 0 Å². The first-order valence-corrected chi connectivity index (χ1v) is 2.22. The minimum atomic E-state index is 0.157. The van der Waals surface area contributed by atoms with Crippen molar-refractivity contribution in [1.29, 1.82) is 0 Å². The topological polar surface area (TPSA) is 20.2 Å². The fraction of sp³-hybridized carbons (Fsp3) is 0.333. The summed E-state index contributed by atoms with van der Waals surface area (Å²) in [5, 5.41) is 8.16. The SMILES string of the molecule is [CH2]C(C=C)C[CH]O. The van der Waals surface area contributed by atoms with Crippen LogP contribution in [0.4, 0.5) is 0 Å². The van der Waals surface area contributed by atoms with E-state index in [-0.39, 0.29) is 5.92 Å². The van der Waals surface area contributed by atoms with Crippen LogP contribution in [0.1, 0.15) is 6.42 Å². The Hall–Kier alpha value is -0.300. The largest absolute Gasteiger partial charge is 0.390 e. The molecule has 0 amide bonds. The molecule has 0 aromatic carbocycles. The minimum absolute atomic E-state index is 0.157. The average Bonchev–Trinajstić information content (AvgIpc) is 1.68. The summed E-state index contributed by atoms with van der Waals surface area (Å²) >= 11 is 0. The van der Waals surface area contributed by atoms with E-state index in [0.717, 1.165) is 6.61 Å². The second-order valence-electron chi connectivity index (χ2n) is 1.41. The monoisotopic (exact) mass is 98.1 g/mol. The molecule has 0 rings (SSSR count). The van der Waals surface area contributed by atoms with Gasteiger partial charge in [0, 0.05) is 0 Å². The highest BCUT2D eigenvalue weighted by Crippen LogP contribution is 2.00. The van der Waals surface area contributed by atoms with Crippen LogP contribution in [0.25, 0.3) is 0 Å². The third-order valence-electron chi connectivity index (χ3n) is 0.741. The number of allylic oxidation sites excluding steroid dienone is 1. The lowest BCUT2D eigenvalue weighted by molar-refractivity contribution is 0.364. The van der Waals surface area contributed by atoms with Crippen molar-refractivity contribution in [3.8, 4) is 0 Å². The lowest BCUT2D eigenvalue weighted by Gasteiger charge is -1.97. The van der Waals surface area contributed by atoms with Crippen LogP contribution in [-0.2, 0) is 0 Å². The molecule has 1 nitrogen and oxygen atoms in total. The molecule has 0 aromatic rings. The van der Waals surface area contributed by atoms with Crippen LogP contribution >= 0.6 is 0 Å². The predicted molar refractivity (Wildman–Crippen MR) is 29.9 cm³/mol. The zero-order valence-electron chi connectivity index (χ0n) is 4.30. The highest BCUT2D eigenvalue weighted by Gasteiger charge is 1.90. The van der Waals surface area contributed by atoms with Gasteiger partial charge in [0.15, 0.2) is 0 Å². The summed E-state index contributed by atoms with van der Waals surface area (Å²) in [6.07, 6.45) is 2.30. The maximum atomic E-state index is 8.16. The fourth-order valence-corrected chi connectivity index (χ4v) is 0.232. The van der Waals surface area contributed by atoms with E-state index in [2.05, 4.69) is 13.5 Å². The molecule has 0 spiro atoms. The van der Waals surface area contributed by atoms with E-state index in [1.807, 2.05) is 0 Å². The molecule has 7 heavy (non-hydrogen) atoms. The molecule has 0 aliphatic carbocycles. The van der Waals surface area contributed by atoms with Crippen LogP contribution < -0.4 is 0 Å². The van der Waals surface area contributed by atoms with Gasteiger partial charge in [-0.1, -0.05) is 6.08 Å². The number of hydrogen-bond donors (Lipinski definition) is 1. The third-order valence-corrected chi connectivity index (χ3v) is 0.741. The van der Waals surface area contributed by atoms with Gasteiger partial charge in [-0.25, -0.2) is 0 Å². The third kappa shape index (κ3) is 3.53. The molecule has 1 atom stereocenters. The van der Waals surface area contributed by atoms with Gasteiger partial charge >= 0.3 is 0 Å². The summed E-state index contributed by atoms with van der Waals surface area (Å²) in [6.45, 7) is 8.22. The van der Waals surface area contributed by atoms with E-state index in [9.17, 15) is 0 Å². The van der Waals surface area contributed by atoms with Gasteiger partial charge in [-0.2, -0.15) is 0 Å². The summed E-state index contributed by atoms with van der Waals surface area (Å²) in [7, 11) is 0. The first-order valence-electron chi connectivity index (χ1n) is 2.22. The highest BCUT2D eigenvalue weighted by atomic mass is 16.2. The van der Waals surface area contributed by atoms with E-state index in [1.165, 1.54) is 0 Å². The lowest BCUT2D eigenvalue weighted by Crippen LogP contribution is -1.87. The van der Waals surface area contributed by atoms with Crippen molar-refractivity contribution in [2.45, 2.75) is 6.42 Å². The Morgan fingerprint density at radius 2 is 2.29 bits per heavy atom. The van der Waals surface area contributed by atoms with Crippen LogP contribution in [0.5, 0.6) is 0 Å². The molecular weight excluding hydrogens is 88.1 g/mol. The second-order valence-corrected chi connectivity index (χ2v) is 1.41. The van der Waals surface area contributed by atoms with Crippen LogP contribution in [0.3, 0.4) is 0 Å². The summed E-state index contributed by atoms with van der Waals surface area (Å²) in [6, 6.07) is 0. The van der Waals surface area contributed by atoms with Crippen molar-refractivity contribution in [3.63, 3.8) is 0 Å². The molecule has 0 fully saturated rings. The highest BCUT2D eigenvalue weighted by molar-refractivity contribution is 4.81. The van der Waals surface area contributed by atoms with Gasteiger partial charge in [0.05, 0.1) is 6.61 Å². The van der Waals surface area contributed by atoms with E-state index < -0.39 is 0 Å². The molecule has 0 heterocycles. The number of aliphatic hydroxyl groups excluding tert-OH is 1. The Morgan fingerprint density at radius 3 is 2.43 bits per heavy atom. The Balaban J connectivity index is 2.98. The van der Waals surface area contributed by atoms with Crippen molar-refractivity contribution in [2.75, 3.05) is 0 Å². The Bertz CT molecular complexity index is 50.1. The van der Waals surface area contributed by atoms with Crippen LogP contribution in [-0.4, -0.2) is 5.11 Å². The molecule has 0 aromatic heterocycles. The van der Waals surface area contributed by atoms with Gasteiger partial charge in [-0.05, 0) is 19.3 Å². The van der Waals surface area contributed by atoms with Gasteiger partial charge in [0.1, 0.15) is 0 Å². The van der Waals surface area contributed by atoms with E-state index in [1.54, 1.807) is 6.08 Å². The summed E-state index contributed by atoms with van der Waals surface area (Å²) < 4.78 is 0. The normalized spacial score (nSPS) is 13.4. The van der Waals surface area contributed by atoms with Gasteiger partial charge in [0.25, 0.3) is 0 Å². The average molecular weight is 98.1 g/mol. The second kappa shape index (κ2) is 3.88. The maximum absolute atomic E-state index is 8.16. The molecule has 0 aliphatic heterocycles. The molecular formula is C6H10O. The molecule has 0 aliphatic rings. The zero-order chi connectivity index (χ0) is 5.70. The number of hydrogen-bond acceptors (Lipinski definition) is 1. The molecule has 0 saturated heterocycles. The van der Waals surface area contributed by atoms with Crippen molar-refractivity contribution < 1.29 is 5.11 Å². The Labute approximate surface area is 44.7 Å². The first-order chi connectivity index (χ1) is 3.31. The molecule has 2 radical (unpaired) electrons. The summed E-state index contributed by atoms with van der Waals surface area (Å²) in [4.78, 5) is 0. The number of rotatable bonds is 3. The summed E-state index contributed by atoms with van der Waals surface area (Å²) in [5.41, 5.74) is 0. The van der Waals surface area contributed by atoms with Crippen molar-refractivity contribution in [2.24, 2.45) is 5.92 Å². The molecule has 0 bridgehead atoms. The quantitative estimate of drug-likeness (QED) is 0.531. The lowest BCUT2D eigenvalue weighted by atomic mass is 10.1. The first kappa shape index (κ1) is 6.70. The van der Waals surface area contributed by atoms with E-state index in [4.69, 9.17) is 5.11 Å². The molecule has 0 saturated carbocycles. The Morgan fingerprint density at radius 1 is 1.71 bits per heavy atom. The fourth-order valence-electron chi connectivity index (χ4n) is 0.232. The van der Waals surface area contributed by atoms with Crippen LogP contribution in [0.2, 0.25) is 0 Å². The zero-order valence-corrected chi connectivity index (χ0v) is 4.30. The molecule has 1 unspecified atom stereocenters. The van der Waals surface area contributed by atoms with Crippen molar-refractivity contribution in [1.82, 2.24) is 0 Å². The smallest absolute Gasteiger partial charge is 0.0804 e. The predicted octanol–water partition coefficient (Wildman–Crippen LogP) is 1.55. The maximum Gasteiger partial charge on any atom is 0.0804 e. The Kier molecular flexibility index (Phi) is 3.71. The van der Waals surface area contributed by atoms with Gasteiger partial charge in [0.2, 0.25) is 0 Å². The van der Waals surface area contributed by atoms with E-state index >= 15 is 0 Å². The standard InChI is InChI=1S/C6H10O/c1-3-6(2)4-5-7/h3,5-7H,1-2,4H2. The molecule has 1 N–H and O–H groups in total. The van der Waals surface area contributed by atoms with Gasteiger partial charge in [-0.15, -0.1) is 6.58 Å². The number of aliphatic hydroxyl groups is 1. The van der Waals surface area contributed by atoms with Crippen molar-refractivity contribution >= 4 is 0 Å². The van der Waals surface area contributed by atoms with Gasteiger partial charge < -0.3 is 5.11 Å². The van der Waals surface area contributed by atoms with Crippen LogP contribution in [0, 0.1) is 19.4 Å².